The summed E-state index contributed by atoms with van der Waals surface area (Å²) in [6.07, 6.45) is 0.985. The highest BCUT2D eigenvalue weighted by Gasteiger charge is 1.98. The Morgan fingerprint density at radius 3 is 1.36 bits per heavy atom. The van der Waals surface area contributed by atoms with Crippen LogP contribution in [-0.2, 0) is 38.0 Å². The van der Waals surface area contributed by atoms with E-state index in [4.69, 9.17) is 28.4 Å². The Bertz CT molecular complexity index is 334. The van der Waals surface area contributed by atoms with Gasteiger partial charge in [-0.15, -0.1) is 0 Å². The number of carbonyl (C=O) groups is 2. The zero-order valence-electron chi connectivity index (χ0n) is 17.4. The largest absolute Gasteiger partial charge is 0.377 e. The molecule has 0 aromatic heterocycles. The molecule has 0 saturated carbocycles. The maximum absolute atomic E-state index is 11.0. The summed E-state index contributed by atoms with van der Waals surface area (Å²) in [4.78, 5) is 22.0. The summed E-state index contributed by atoms with van der Waals surface area (Å²) in [5.74, 6) is 0.121. The van der Waals surface area contributed by atoms with Crippen LogP contribution in [0.2, 0.25) is 0 Å². The molecular formula is C19H37NO8. The standard InChI is InChI=1S/C19H37NO8/c1-3-18(21)17-28-16-15-27-14-13-26-12-11-25-10-9-24-8-7-23-6-5-20-19(22)4-2/h3-17H2,1-2H3,(H,20,22). The number of ether oxygens (including phenoxy) is 6. The Hall–Kier alpha value is -1.10. The molecule has 0 bridgehead atoms. The third-order valence-electron chi connectivity index (χ3n) is 3.41. The molecule has 1 amide bonds. The minimum atomic E-state index is 0.0275. The first-order chi connectivity index (χ1) is 13.7. The molecule has 1 N–H and O–H groups in total. The van der Waals surface area contributed by atoms with E-state index in [1.54, 1.807) is 0 Å². The van der Waals surface area contributed by atoms with Gasteiger partial charge in [0.1, 0.15) is 6.61 Å². The summed E-state index contributed by atoms with van der Waals surface area (Å²) < 4.78 is 31.9. The van der Waals surface area contributed by atoms with Gasteiger partial charge in [-0.05, 0) is 0 Å². The number of rotatable bonds is 22. The lowest BCUT2D eigenvalue weighted by Crippen LogP contribution is -2.26. The van der Waals surface area contributed by atoms with Gasteiger partial charge in [-0.3, -0.25) is 9.59 Å². The van der Waals surface area contributed by atoms with E-state index in [1.807, 2.05) is 13.8 Å². The van der Waals surface area contributed by atoms with Crippen LogP contribution in [0, 0.1) is 0 Å². The highest BCUT2D eigenvalue weighted by atomic mass is 16.6. The van der Waals surface area contributed by atoms with Crippen LogP contribution in [0.5, 0.6) is 0 Å². The summed E-state index contributed by atoms with van der Waals surface area (Å²) in [5, 5.41) is 2.73. The second-order valence-electron chi connectivity index (χ2n) is 5.71. The van der Waals surface area contributed by atoms with Gasteiger partial charge in [-0.2, -0.15) is 0 Å². The normalized spacial score (nSPS) is 10.9. The summed E-state index contributed by atoms with van der Waals surface area (Å²) in [6.45, 7) is 9.60. The third-order valence-corrected chi connectivity index (χ3v) is 3.41. The number of Topliss-reactive ketones (excluding diaryl/α,β-unsaturated/α-hetero) is 1. The molecule has 0 fully saturated rings. The number of ketones is 1. The van der Waals surface area contributed by atoms with E-state index < -0.39 is 0 Å². The van der Waals surface area contributed by atoms with Crippen LogP contribution in [0.25, 0.3) is 0 Å². The van der Waals surface area contributed by atoms with Gasteiger partial charge in [0.05, 0.1) is 72.7 Å². The van der Waals surface area contributed by atoms with E-state index in [9.17, 15) is 9.59 Å². The number of hydrogen-bond donors (Lipinski definition) is 1. The molecule has 9 nitrogen and oxygen atoms in total. The first-order valence-electron chi connectivity index (χ1n) is 9.95. The zero-order chi connectivity index (χ0) is 20.7. The van der Waals surface area contributed by atoms with Crippen molar-refractivity contribution in [3.63, 3.8) is 0 Å². The Morgan fingerprint density at radius 1 is 0.571 bits per heavy atom. The van der Waals surface area contributed by atoms with Gasteiger partial charge in [0, 0.05) is 19.4 Å². The fraction of sp³-hybridized carbons (Fsp3) is 0.895. The van der Waals surface area contributed by atoms with Crippen molar-refractivity contribution in [1.29, 1.82) is 0 Å². The fourth-order valence-electron chi connectivity index (χ4n) is 1.78. The maximum Gasteiger partial charge on any atom is 0.219 e. The molecule has 0 heterocycles. The van der Waals surface area contributed by atoms with Crippen molar-refractivity contribution >= 4 is 11.7 Å². The average molecular weight is 408 g/mol. The van der Waals surface area contributed by atoms with Gasteiger partial charge >= 0.3 is 0 Å². The lowest BCUT2D eigenvalue weighted by atomic mass is 10.3. The highest BCUT2D eigenvalue weighted by Crippen LogP contribution is 1.86. The molecule has 0 atom stereocenters. The van der Waals surface area contributed by atoms with Crippen LogP contribution in [0.3, 0.4) is 0 Å². The van der Waals surface area contributed by atoms with Crippen molar-refractivity contribution in [2.45, 2.75) is 26.7 Å². The smallest absolute Gasteiger partial charge is 0.219 e. The zero-order valence-corrected chi connectivity index (χ0v) is 17.4. The average Bonchev–Trinajstić information content (AvgIpc) is 2.71. The van der Waals surface area contributed by atoms with Crippen molar-refractivity contribution in [2.75, 3.05) is 85.8 Å². The quantitative estimate of drug-likeness (QED) is 0.260. The Balaban J connectivity index is 3.05. The summed E-state index contributed by atoms with van der Waals surface area (Å²) in [7, 11) is 0. The third kappa shape index (κ3) is 21.2. The van der Waals surface area contributed by atoms with Gasteiger partial charge in [-0.25, -0.2) is 0 Å². The molecule has 0 aromatic carbocycles. The maximum atomic E-state index is 11.0. The van der Waals surface area contributed by atoms with Crippen molar-refractivity contribution in [3.05, 3.63) is 0 Å². The van der Waals surface area contributed by atoms with Gasteiger partial charge in [0.15, 0.2) is 5.78 Å². The molecule has 9 heteroatoms. The summed E-state index contributed by atoms with van der Waals surface area (Å²) in [5.41, 5.74) is 0. The van der Waals surface area contributed by atoms with Crippen molar-refractivity contribution in [2.24, 2.45) is 0 Å². The monoisotopic (exact) mass is 407 g/mol. The minimum Gasteiger partial charge on any atom is -0.377 e. The topological polar surface area (TPSA) is 102 Å². The Labute approximate surface area is 168 Å². The highest BCUT2D eigenvalue weighted by molar-refractivity contribution is 5.79. The predicted molar refractivity (Wildman–Crippen MR) is 104 cm³/mol. The Kier molecular flexibility index (Phi) is 21.3. The van der Waals surface area contributed by atoms with E-state index in [2.05, 4.69) is 5.32 Å². The molecule has 166 valence electrons. The second-order valence-corrected chi connectivity index (χ2v) is 5.71. The molecule has 0 unspecified atom stereocenters. The lowest BCUT2D eigenvalue weighted by molar-refractivity contribution is -0.124. The van der Waals surface area contributed by atoms with E-state index >= 15 is 0 Å². The van der Waals surface area contributed by atoms with Gasteiger partial charge in [0.25, 0.3) is 0 Å². The van der Waals surface area contributed by atoms with Crippen LogP contribution in [-0.4, -0.2) is 97.5 Å². The molecule has 0 aliphatic rings. The van der Waals surface area contributed by atoms with Gasteiger partial charge in [0.2, 0.25) is 5.91 Å². The van der Waals surface area contributed by atoms with Crippen LogP contribution >= 0.6 is 0 Å². The van der Waals surface area contributed by atoms with Crippen LogP contribution in [0.4, 0.5) is 0 Å². The summed E-state index contributed by atoms with van der Waals surface area (Å²) >= 11 is 0. The molecule has 0 radical (unpaired) electrons. The van der Waals surface area contributed by atoms with Crippen molar-refractivity contribution in [3.8, 4) is 0 Å². The first kappa shape index (κ1) is 26.9. The SMILES string of the molecule is CCC(=O)COCCOCCOCCOCCOCCOCCNC(=O)CC. The Morgan fingerprint density at radius 2 is 0.964 bits per heavy atom. The first-order valence-corrected chi connectivity index (χ1v) is 9.95. The molecule has 0 rings (SSSR count). The van der Waals surface area contributed by atoms with Crippen molar-refractivity contribution in [1.82, 2.24) is 5.32 Å². The molecule has 28 heavy (non-hydrogen) atoms. The predicted octanol–water partition coefficient (Wildman–Crippen LogP) is 0.591. The number of hydrogen-bond acceptors (Lipinski definition) is 8. The van der Waals surface area contributed by atoms with Crippen LogP contribution in [0.15, 0.2) is 0 Å². The number of nitrogens with one attached hydrogen (secondary N) is 1. The van der Waals surface area contributed by atoms with Crippen LogP contribution < -0.4 is 5.32 Å². The van der Waals surface area contributed by atoms with E-state index in [0.717, 1.165) is 0 Å². The molecule has 0 saturated heterocycles. The molecule has 0 spiro atoms. The number of amides is 1. The lowest BCUT2D eigenvalue weighted by Gasteiger charge is -2.08. The van der Waals surface area contributed by atoms with E-state index in [-0.39, 0.29) is 18.3 Å². The van der Waals surface area contributed by atoms with E-state index in [1.165, 1.54) is 0 Å². The second kappa shape index (κ2) is 22.2. The summed E-state index contributed by atoms with van der Waals surface area (Å²) in [6, 6.07) is 0. The van der Waals surface area contributed by atoms with Gasteiger partial charge in [-0.1, -0.05) is 13.8 Å². The molecule has 0 aliphatic heterocycles. The molecule has 0 aromatic rings. The number of carbonyl (C=O) groups excluding carboxylic acids is 2. The fourth-order valence-corrected chi connectivity index (χ4v) is 1.78. The molecule has 0 aliphatic carbocycles. The van der Waals surface area contributed by atoms with Gasteiger partial charge < -0.3 is 33.7 Å². The molecular weight excluding hydrogens is 370 g/mol. The minimum absolute atomic E-state index is 0.0275. The van der Waals surface area contributed by atoms with E-state index in [0.29, 0.717) is 92.1 Å². The van der Waals surface area contributed by atoms with Crippen LogP contribution in [0.1, 0.15) is 26.7 Å². The van der Waals surface area contributed by atoms with Crippen molar-refractivity contribution < 1.29 is 38.0 Å².